The van der Waals surface area contributed by atoms with E-state index in [0.29, 0.717) is 35.8 Å². The summed E-state index contributed by atoms with van der Waals surface area (Å²) in [6, 6.07) is 14.7. The van der Waals surface area contributed by atoms with Gasteiger partial charge in [-0.3, -0.25) is 0 Å². The van der Waals surface area contributed by atoms with Crippen molar-refractivity contribution >= 4 is 17.4 Å². The van der Waals surface area contributed by atoms with Gasteiger partial charge in [0.15, 0.2) is 0 Å². The molecule has 2 aromatic rings. The highest BCUT2D eigenvalue weighted by Gasteiger charge is 2.22. The fourth-order valence-corrected chi connectivity index (χ4v) is 3.01. The van der Waals surface area contributed by atoms with Crippen LogP contribution < -0.4 is 19.7 Å². The number of nitriles is 1. The number of amides is 2. The van der Waals surface area contributed by atoms with Crippen molar-refractivity contribution in [3.05, 3.63) is 48.0 Å². The highest BCUT2D eigenvalue weighted by molar-refractivity contribution is 5.91. The van der Waals surface area contributed by atoms with Gasteiger partial charge in [0.25, 0.3) is 0 Å². The highest BCUT2D eigenvalue weighted by Crippen LogP contribution is 2.29. The van der Waals surface area contributed by atoms with E-state index in [2.05, 4.69) is 16.3 Å². The van der Waals surface area contributed by atoms with E-state index in [0.717, 1.165) is 18.8 Å². The molecule has 0 saturated carbocycles. The van der Waals surface area contributed by atoms with E-state index in [9.17, 15) is 4.79 Å². The van der Waals surface area contributed by atoms with Crippen LogP contribution in [0.4, 0.5) is 16.2 Å². The first-order valence-electron chi connectivity index (χ1n) is 8.67. The Labute approximate surface area is 158 Å². The molecule has 1 saturated heterocycles. The summed E-state index contributed by atoms with van der Waals surface area (Å²) in [7, 11) is 3.14. The van der Waals surface area contributed by atoms with Gasteiger partial charge >= 0.3 is 6.03 Å². The number of carbonyl (C=O) groups excluding carboxylic acids is 1. The fraction of sp³-hybridized carbons (Fsp3) is 0.300. The number of anilines is 2. The summed E-state index contributed by atoms with van der Waals surface area (Å²) in [5, 5.41) is 11.8. The molecule has 7 heteroatoms. The van der Waals surface area contributed by atoms with Gasteiger partial charge in [-0.25, -0.2) is 4.79 Å². The molecule has 0 radical (unpaired) electrons. The van der Waals surface area contributed by atoms with Gasteiger partial charge in [-0.15, -0.1) is 0 Å². The zero-order valence-corrected chi connectivity index (χ0v) is 15.4. The summed E-state index contributed by atoms with van der Waals surface area (Å²) in [5.41, 5.74) is 2.31. The van der Waals surface area contributed by atoms with Crippen LogP contribution in [0.2, 0.25) is 0 Å². The Balaban J connectivity index is 1.59. The third-order valence-corrected chi connectivity index (χ3v) is 4.58. The largest absolute Gasteiger partial charge is 0.497 e. The van der Waals surface area contributed by atoms with Crippen LogP contribution in [0.1, 0.15) is 5.56 Å². The van der Waals surface area contributed by atoms with Gasteiger partial charge in [0, 0.05) is 37.9 Å². The van der Waals surface area contributed by atoms with Gasteiger partial charge in [0.1, 0.15) is 11.5 Å². The van der Waals surface area contributed by atoms with Crippen molar-refractivity contribution in [1.29, 1.82) is 5.26 Å². The van der Waals surface area contributed by atoms with E-state index in [1.54, 1.807) is 37.3 Å². The summed E-state index contributed by atoms with van der Waals surface area (Å²) in [4.78, 5) is 16.6. The van der Waals surface area contributed by atoms with Gasteiger partial charge in [-0.2, -0.15) is 5.26 Å². The Morgan fingerprint density at radius 1 is 1.04 bits per heavy atom. The smallest absolute Gasteiger partial charge is 0.322 e. The van der Waals surface area contributed by atoms with Crippen molar-refractivity contribution in [1.82, 2.24) is 4.90 Å². The van der Waals surface area contributed by atoms with Gasteiger partial charge < -0.3 is 24.6 Å². The predicted octanol–water partition coefficient (Wildman–Crippen LogP) is 2.93. The number of nitrogens with one attached hydrogen (secondary N) is 1. The first kappa shape index (κ1) is 18.4. The molecule has 0 unspecified atom stereocenters. The lowest BCUT2D eigenvalue weighted by atomic mass is 10.2. The topological polar surface area (TPSA) is 77.8 Å². The summed E-state index contributed by atoms with van der Waals surface area (Å²) >= 11 is 0. The Hall–Kier alpha value is -3.40. The average Bonchev–Trinajstić information content (AvgIpc) is 2.74. The van der Waals surface area contributed by atoms with Crippen molar-refractivity contribution in [2.45, 2.75) is 0 Å². The lowest BCUT2D eigenvalue weighted by molar-refractivity contribution is 0.208. The third-order valence-electron chi connectivity index (χ3n) is 4.58. The molecular weight excluding hydrogens is 344 g/mol. The van der Waals surface area contributed by atoms with Crippen LogP contribution in [0.5, 0.6) is 11.5 Å². The lowest BCUT2D eigenvalue weighted by Gasteiger charge is -2.36. The molecule has 1 heterocycles. The summed E-state index contributed by atoms with van der Waals surface area (Å²) in [6.45, 7) is 2.70. The van der Waals surface area contributed by atoms with E-state index in [1.165, 1.54) is 0 Å². The molecule has 27 heavy (non-hydrogen) atoms. The first-order valence-corrected chi connectivity index (χ1v) is 8.67. The van der Waals surface area contributed by atoms with E-state index < -0.39 is 0 Å². The zero-order valence-electron chi connectivity index (χ0n) is 15.4. The number of hydrogen-bond donors (Lipinski definition) is 1. The molecule has 0 bridgehead atoms. The molecule has 140 valence electrons. The molecule has 2 amide bonds. The monoisotopic (exact) mass is 366 g/mol. The minimum atomic E-state index is -0.155. The number of nitrogens with zero attached hydrogens (tertiary/aromatic N) is 3. The summed E-state index contributed by atoms with van der Waals surface area (Å²) in [6.07, 6.45) is 0. The summed E-state index contributed by atoms with van der Waals surface area (Å²) in [5.74, 6) is 1.22. The first-order chi connectivity index (χ1) is 13.1. The Bertz CT molecular complexity index is 837. The van der Waals surface area contributed by atoms with E-state index in [1.807, 2.05) is 24.3 Å². The quantitative estimate of drug-likeness (QED) is 0.900. The number of piperazine rings is 1. The maximum Gasteiger partial charge on any atom is 0.322 e. The molecule has 1 aliphatic rings. The molecule has 0 spiro atoms. The maximum absolute atomic E-state index is 12.6. The second-order valence-electron chi connectivity index (χ2n) is 6.13. The van der Waals surface area contributed by atoms with Crippen LogP contribution >= 0.6 is 0 Å². The van der Waals surface area contributed by atoms with E-state index in [4.69, 9.17) is 14.7 Å². The number of urea groups is 1. The van der Waals surface area contributed by atoms with E-state index in [-0.39, 0.29) is 6.03 Å². The van der Waals surface area contributed by atoms with Crippen molar-refractivity contribution < 1.29 is 14.3 Å². The molecule has 0 aliphatic carbocycles. The molecule has 3 rings (SSSR count). The molecule has 7 nitrogen and oxygen atoms in total. The minimum absolute atomic E-state index is 0.155. The molecule has 1 N–H and O–H groups in total. The van der Waals surface area contributed by atoms with Crippen LogP contribution in [0.15, 0.2) is 42.5 Å². The highest BCUT2D eigenvalue weighted by atomic mass is 16.5. The number of benzene rings is 2. The SMILES string of the molecule is COc1ccc(NC(=O)N2CCN(c3ccc(C#N)cc3)CC2)c(OC)c1. The maximum atomic E-state index is 12.6. The molecule has 0 atom stereocenters. The minimum Gasteiger partial charge on any atom is -0.497 e. The molecule has 2 aromatic carbocycles. The van der Waals surface area contributed by atoms with E-state index >= 15 is 0 Å². The normalized spacial score (nSPS) is 13.7. The average molecular weight is 366 g/mol. The van der Waals surface area contributed by atoms with Crippen LogP contribution in [0, 0.1) is 11.3 Å². The number of carbonyl (C=O) groups is 1. The van der Waals surface area contributed by atoms with Crippen LogP contribution in [0.3, 0.4) is 0 Å². The Kier molecular flexibility index (Phi) is 5.67. The zero-order chi connectivity index (χ0) is 19.2. The van der Waals surface area contributed by atoms with Gasteiger partial charge in [0.05, 0.1) is 31.5 Å². The molecule has 1 fully saturated rings. The lowest BCUT2D eigenvalue weighted by Crippen LogP contribution is -2.50. The predicted molar refractivity (Wildman–Crippen MR) is 104 cm³/mol. The Morgan fingerprint density at radius 3 is 2.33 bits per heavy atom. The standard InChI is InChI=1S/C20H22N4O3/c1-26-17-7-8-18(19(13-17)27-2)22-20(25)24-11-9-23(10-12-24)16-5-3-15(14-21)4-6-16/h3-8,13H,9-12H2,1-2H3,(H,22,25). The second-order valence-corrected chi connectivity index (χ2v) is 6.13. The van der Waals surface area contributed by atoms with Crippen LogP contribution in [-0.4, -0.2) is 51.3 Å². The molecule has 0 aromatic heterocycles. The van der Waals surface area contributed by atoms with Gasteiger partial charge in [0.2, 0.25) is 0 Å². The fourth-order valence-electron chi connectivity index (χ4n) is 3.01. The van der Waals surface area contributed by atoms with Gasteiger partial charge in [-0.05, 0) is 36.4 Å². The van der Waals surface area contributed by atoms with Crippen molar-refractivity contribution in [2.24, 2.45) is 0 Å². The third kappa shape index (κ3) is 4.23. The van der Waals surface area contributed by atoms with Crippen LogP contribution in [-0.2, 0) is 0 Å². The second kappa shape index (κ2) is 8.32. The van der Waals surface area contributed by atoms with Gasteiger partial charge in [-0.1, -0.05) is 0 Å². The van der Waals surface area contributed by atoms with Crippen molar-refractivity contribution in [2.75, 3.05) is 50.6 Å². The molecule has 1 aliphatic heterocycles. The number of methoxy groups -OCH3 is 2. The number of hydrogen-bond acceptors (Lipinski definition) is 5. The van der Waals surface area contributed by atoms with Crippen LogP contribution in [0.25, 0.3) is 0 Å². The van der Waals surface area contributed by atoms with Crippen molar-refractivity contribution in [3.63, 3.8) is 0 Å². The Morgan fingerprint density at radius 2 is 1.74 bits per heavy atom. The van der Waals surface area contributed by atoms with Crippen molar-refractivity contribution in [3.8, 4) is 17.6 Å². The number of rotatable bonds is 4. The molecular formula is C20H22N4O3. The summed E-state index contributed by atoms with van der Waals surface area (Å²) < 4.78 is 10.5. The number of ether oxygens (including phenoxy) is 2.